The maximum atomic E-state index is 13.8. The van der Waals surface area contributed by atoms with Crippen LogP contribution in [-0.4, -0.2) is 0 Å². The van der Waals surface area contributed by atoms with Crippen molar-refractivity contribution in [3.8, 4) is 0 Å². The number of halogens is 2. The summed E-state index contributed by atoms with van der Waals surface area (Å²) < 4.78 is 13.8. The lowest BCUT2D eigenvalue weighted by Crippen LogP contribution is -2.15. The predicted molar refractivity (Wildman–Crippen MR) is 83.9 cm³/mol. The van der Waals surface area contributed by atoms with Crippen molar-refractivity contribution in [1.29, 1.82) is 0 Å². The molecule has 0 saturated carbocycles. The van der Waals surface area contributed by atoms with E-state index in [0.717, 1.165) is 5.69 Å². The Kier molecular flexibility index (Phi) is 4.34. The van der Waals surface area contributed by atoms with Crippen molar-refractivity contribution < 1.29 is 4.39 Å². The summed E-state index contributed by atoms with van der Waals surface area (Å²) in [6, 6.07) is 12.8. The molecule has 0 aliphatic rings. The van der Waals surface area contributed by atoms with Gasteiger partial charge in [-0.2, -0.15) is 0 Å². The van der Waals surface area contributed by atoms with Gasteiger partial charge in [-0.05, 0) is 29.2 Å². The first-order valence-electron chi connectivity index (χ1n) is 6.66. The SMILES string of the molecule is CC(C)(C)c1ccccc1NCc1c(F)cccc1Cl. The Morgan fingerprint density at radius 2 is 1.75 bits per heavy atom. The molecule has 0 saturated heterocycles. The van der Waals surface area contributed by atoms with Gasteiger partial charge in [0.15, 0.2) is 0 Å². The van der Waals surface area contributed by atoms with E-state index in [4.69, 9.17) is 11.6 Å². The van der Waals surface area contributed by atoms with Gasteiger partial charge in [0.05, 0.1) is 0 Å². The zero-order valence-electron chi connectivity index (χ0n) is 12.0. The molecular weight excluding hydrogens is 273 g/mol. The second-order valence-corrected chi connectivity index (χ2v) is 6.26. The van der Waals surface area contributed by atoms with E-state index in [1.807, 2.05) is 18.2 Å². The Labute approximate surface area is 124 Å². The summed E-state index contributed by atoms with van der Waals surface area (Å²) in [4.78, 5) is 0. The van der Waals surface area contributed by atoms with Crippen molar-refractivity contribution in [2.24, 2.45) is 0 Å². The lowest BCUT2D eigenvalue weighted by Gasteiger charge is -2.23. The zero-order chi connectivity index (χ0) is 14.8. The third-order valence-corrected chi connectivity index (χ3v) is 3.61. The molecule has 1 N–H and O–H groups in total. The van der Waals surface area contributed by atoms with E-state index in [9.17, 15) is 4.39 Å². The molecule has 0 heterocycles. The number of anilines is 1. The van der Waals surface area contributed by atoms with Crippen molar-refractivity contribution in [3.05, 3.63) is 64.4 Å². The molecule has 2 rings (SSSR count). The van der Waals surface area contributed by atoms with Crippen LogP contribution in [0.2, 0.25) is 5.02 Å². The van der Waals surface area contributed by atoms with Gasteiger partial charge in [0.1, 0.15) is 5.82 Å². The molecule has 3 heteroatoms. The van der Waals surface area contributed by atoms with Gasteiger partial charge in [-0.25, -0.2) is 4.39 Å². The standard InChI is InChI=1S/C17H19ClFN/c1-17(2,3)13-7-4-5-10-16(13)20-11-12-14(18)8-6-9-15(12)19/h4-10,20H,11H2,1-3H3. The van der Waals surface area contributed by atoms with E-state index >= 15 is 0 Å². The van der Waals surface area contributed by atoms with Crippen LogP contribution in [0.3, 0.4) is 0 Å². The largest absolute Gasteiger partial charge is 0.381 e. The van der Waals surface area contributed by atoms with Crippen LogP contribution >= 0.6 is 11.6 Å². The number of hydrogen-bond donors (Lipinski definition) is 1. The van der Waals surface area contributed by atoms with Gasteiger partial charge in [-0.1, -0.05) is 56.6 Å². The molecule has 106 valence electrons. The summed E-state index contributed by atoms with van der Waals surface area (Å²) in [5.41, 5.74) is 2.74. The first-order valence-corrected chi connectivity index (χ1v) is 7.03. The third kappa shape index (κ3) is 3.31. The van der Waals surface area contributed by atoms with E-state index < -0.39 is 0 Å². The molecule has 0 aliphatic heterocycles. The molecule has 20 heavy (non-hydrogen) atoms. The highest BCUT2D eigenvalue weighted by molar-refractivity contribution is 6.31. The van der Waals surface area contributed by atoms with Gasteiger partial charge in [-0.3, -0.25) is 0 Å². The molecule has 2 aromatic rings. The molecule has 0 fully saturated rings. The van der Waals surface area contributed by atoms with Crippen LogP contribution in [0.25, 0.3) is 0 Å². The lowest BCUT2D eigenvalue weighted by molar-refractivity contribution is 0.591. The number of para-hydroxylation sites is 1. The quantitative estimate of drug-likeness (QED) is 0.799. The maximum Gasteiger partial charge on any atom is 0.129 e. The minimum Gasteiger partial charge on any atom is -0.381 e. The number of rotatable bonds is 3. The molecule has 0 aromatic heterocycles. The summed E-state index contributed by atoms with van der Waals surface area (Å²) in [6.07, 6.45) is 0. The van der Waals surface area contributed by atoms with Crippen LogP contribution in [0.15, 0.2) is 42.5 Å². The normalized spacial score (nSPS) is 11.4. The van der Waals surface area contributed by atoms with Crippen molar-refractivity contribution in [1.82, 2.24) is 0 Å². The Balaban J connectivity index is 2.24. The minimum atomic E-state index is -0.279. The van der Waals surface area contributed by atoms with E-state index in [2.05, 4.69) is 32.2 Å². The highest BCUT2D eigenvalue weighted by Gasteiger charge is 2.17. The fraction of sp³-hybridized carbons (Fsp3) is 0.294. The lowest BCUT2D eigenvalue weighted by atomic mass is 9.86. The van der Waals surface area contributed by atoms with Crippen LogP contribution in [-0.2, 0) is 12.0 Å². The molecule has 1 nitrogen and oxygen atoms in total. The molecule has 0 amide bonds. The first kappa shape index (κ1) is 14.9. The summed E-state index contributed by atoms with van der Waals surface area (Å²) in [7, 11) is 0. The molecule has 0 unspecified atom stereocenters. The average Bonchev–Trinajstić information content (AvgIpc) is 2.37. The van der Waals surface area contributed by atoms with E-state index in [0.29, 0.717) is 17.1 Å². The number of hydrogen-bond acceptors (Lipinski definition) is 1. The van der Waals surface area contributed by atoms with Gasteiger partial charge < -0.3 is 5.32 Å². The highest BCUT2D eigenvalue weighted by atomic mass is 35.5. The average molecular weight is 292 g/mol. The predicted octanol–water partition coefficient (Wildman–Crippen LogP) is 5.39. The number of benzene rings is 2. The number of nitrogens with one attached hydrogen (secondary N) is 1. The summed E-state index contributed by atoms with van der Waals surface area (Å²) in [5, 5.41) is 3.74. The van der Waals surface area contributed by atoms with Gasteiger partial charge in [-0.15, -0.1) is 0 Å². The summed E-state index contributed by atoms with van der Waals surface area (Å²) in [6.45, 7) is 6.84. The molecule has 0 spiro atoms. The fourth-order valence-corrected chi connectivity index (χ4v) is 2.41. The topological polar surface area (TPSA) is 12.0 Å². The van der Waals surface area contributed by atoms with Crippen molar-refractivity contribution in [3.63, 3.8) is 0 Å². The molecular formula is C17H19ClFN. The van der Waals surface area contributed by atoms with E-state index in [-0.39, 0.29) is 11.2 Å². The molecule has 0 aliphatic carbocycles. The summed E-state index contributed by atoms with van der Waals surface area (Å²) in [5.74, 6) is -0.279. The van der Waals surface area contributed by atoms with Crippen LogP contribution in [0.4, 0.5) is 10.1 Å². The first-order chi connectivity index (χ1) is 9.39. The van der Waals surface area contributed by atoms with Crippen molar-refractivity contribution in [2.45, 2.75) is 32.7 Å². The summed E-state index contributed by atoms with van der Waals surface area (Å²) >= 11 is 6.05. The monoisotopic (exact) mass is 291 g/mol. The minimum absolute atomic E-state index is 0.0304. The van der Waals surface area contributed by atoms with E-state index in [1.165, 1.54) is 11.6 Å². The Bertz CT molecular complexity index is 582. The van der Waals surface area contributed by atoms with Crippen LogP contribution in [0.5, 0.6) is 0 Å². The van der Waals surface area contributed by atoms with Gasteiger partial charge in [0, 0.05) is 22.8 Å². The molecule has 0 radical (unpaired) electrons. The van der Waals surface area contributed by atoms with Gasteiger partial charge >= 0.3 is 0 Å². The highest BCUT2D eigenvalue weighted by Crippen LogP contribution is 2.30. The zero-order valence-corrected chi connectivity index (χ0v) is 12.8. The van der Waals surface area contributed by atoms with Crippen molar-refractivity contribution in [2.75, 3.05) is 5.32 Å². The Morgan fingerprint density at radius 1 is 1.05 bits per heavy atom. The van der Waals surface area contributed by atoms with E-state index in [1.54, 1.807) is 12.1 Å². The van der Waals surface area contributed by atoms with Crippen LogP contribution in [0.1, 0.15) is 31.9 Å². The molecule has 0 bridgehead atoms. The van der Waals surface area contributed by atoms with Crippen LogP contribution in [0, 0.1) is 5.82 Å². The molecule has 0 atom stereocenters. The van der Waals surface area contributed by atoms with Gasteiger partial charge in [0.25, 0.3) is 0 Å². The smallest absolute Gasteiger partial charge is 0.129 e. The maximum absolute atomic E-state index is 13.8. The van der Waals surface area contributed by atoms with Crippen molar-refractivity contribution >= 4 is 17.3 Å². The Hall–Kier alpha value is -1.54. The van der Waals surface area contributed by atoms with Gasteiger partial charge in [0.2, 0.25) is 0 Å². The molecule has 2 aromatic carbocycles. The van der Waals surface area contributed by atoms with Crippen LogP contribution < -0.4 is 5.32 Å². The fourth-order valence-electron chi connectivity index (χ4n) is 2.18. The second-order valence-electron chi connectivity index (χ2n) is 5.85. The second kappa shape index (κ2) is 5.84. The third-order valence-electron chi connectivity index (χ3n) is 3.25. The Morgan fingerprint density at radius 3 is 2.40 bits per heavy atom.